The molecule has 0 radical (unpaired) electrons. The van der Waals surface area contributed by atoms with E-state index in [0.29, 0.717) is 11.6 Å². The molecule has 1 heterocycles. The molecule has 0 aliphatic heterocycles. The maximum atomic E-state index is 5.42. The highest BCUT2D eigenvalue weighted by atomic mass is 15.0. The van der Waals surface area contributed by atoms with E-state index in [1.165, 1.54) is 12.5 Å². The number of aliphatic imine (C=N–C) groups is 1. The molecule has 52 valence electrons. The second-order valence-corrected chi connectivity index (χ2v) is 1.65. The van der Waals surface area contributed by atoms with Crippen molar-refractivity contribution in [3.05, 3.63) is 19.0 Å². The third-order valence-electron chi connectivity index (χ3n) is 0.950. The number of aromatic amines is 1. The van der Waals surface area contributed by atoms with Crippen molar-refractivity contribution >= 4 is 17.9 Å². The maximum Gasteiger partial charge on any atom is 0.194 e. The number of nitrogens with zero attached hydrogens (tertiary/aromatic N) is 2. The monoisotopic (exact) mass is 136 g/mol. The number of imidazole rings is 1. The van der Waals surface area contributed by atoms with Gasteiger partial charge in [-0.15, -0.1) is 0 Å². The lowest BCUT2D eigenvalue weighted by atomic mass is 10.6. The van der Waals surface area contributed by atoms with Crippen LogP contribution in [-0.4, -0.2) is 16.2 Å². The Kier molecular flexibility index (Phi) is 1.84. The molecule has 0 aliphatic rings. The van der Waals surface area contributed by atoms with Gasteiger partial charge in [0.2, 0.25) is 0 Å². The summed E-state index contributed by atoms with van der Waals surface area (Å²) in [6, 6.07) is 0. The van der Waals surface area contributed by atoms with Crippen LogP contribution in [0.15, 0.2) is 24.0 Å². The van der Waals surface area contributed by atoms with Crippen LogP contribution >= 0.6 is 0 Å². The van der Waals surface area contributed by atoms with Crippen molar-refractivity contribution in [3.63, 3.8) is 0 Å². The van der Waals surface area contributed by atoms with E-state index in [9.17, 15) is 0 Å². The molecule has 0 fully saturated rings. The van der Waals surface area contributed by atoms with Gasteiger partial charge in [0.15, 0.2) is 5.82 Å². The van der Waals surface area contributed by atoms with E-state index < -0.39 is 0 Å². The quantitative estimate of drug-likeness (QED) is 0.592. The Bertz CT molecular complexity index is 248. The van der Waals surface area contributed by atoms with Gasteiger partial charge in [0.05, 0.1) is 6.33 Å². The highest BCUT2D eigenvalue weighted by Gasteiger charge is 1.94. The molecule has 0 saturated heterocycles. The van der Waals surface area contributed by atoms with Crippen molar-refractivity contribution in [1.82, 2.24) is 9.97 Å². The molecule has 0 unspecified atom stereocenters. The minimum absolute atomic E-state index is 0.470. The zero-order valence-corrected chi connectivity index (χ0v) is 5.41. The van der Waals surface area contributed by atoms with Crippen LogP contribution in [0.1, 0.15) is 0 Å². The summed E-state index contributed by atoms with van der Waals surface area (Å²) in [5, 5.41) is 0. The van der Waals surface area contributed by atoms with Crippen LogP contribution in [0.25, 0.3) is 0 Å². The average molecular weight is 136 g/mol. The third kappa shape index (κ3) is 1.22. The van der Waals surface area contributed by atoms with Crippen LogP contribution in [0, 0.1) is 0 Å². The van der Waals surface area contributed by atoms with E-state index in [0.717, 1.165) is 0 Å². The van der Waals surface area contributed by atoms with Gasteiger partial charge >= 0.3 is 0 Å². The molecule has 1 aromatic heterocycles. The first-order valence-corrected chi connectivity index (χ1v) is 2.78. The smallest absolute Gasteiger partial charge is 0.194 e. The largest absolute Gasteiger partial charge is 0.382 e. The number of nitrogens with two attached hydrogens (primary N) is 1. The van der Waals surface area contributed by atoms with Crippen LogP contribution in [-0.2, 0) is 0 Å². The highest BCUT2D eigenvalue weighted by Crippen LogP contribution is 2.13. The summed E-state index contributed by atoms with van der Waals surface area (Å²) >= 11 is 0. The molecule has 1 rings (SSSR count). The molecule has 3 N–H and O–H groups in total. The molecule has 10 heavy (non-hydrogen) atoms. The fraction of sp³-hybridized carbons (Fsp3) is 0. The molecule has 0 saturated carbocycles. The Hall–Kier alpha value is -1.58. The van der Waals surface area contributed by atoms with Gasteiger partial charge in [-0.1, -0.05) is 12.7 Å². The molecule has 4 nitrogen and oxygen atoms in total. The Balaban J connectivity index is 2.83. The van der Waals surface area contributed by atoms with Gasteiger partial charge in [0.25, 0.3) is 0 Å². The van der Waals surface area contributed by atoms with E-state index in [4.69, 9.17) is 5.73 Å². The normalized spacial score (nSPS) is 10.4. The average Bonchev–Trinajstić information content (AvgIpc) is 2.31. The molecular formula is C6H8N4. The van der Waals surface area contributed by atoms with E-state index >= 15 is 0 Å². The predicted molar refractivity (Wildman–Crippen MR) is 41.3 cm³/mol. The summed E-state index contributed by atoms with van der Waals surface area (Å²) in [6.07, 6.45) is 4.59. The zero-order valence-electron chi connectivity index (χ0n) is 5.41. The Morgan fingerprint density at radius 3 is 3.10 bits per heavy atom. The fourth-order valence-corrected chi connectivity index (χ4v) is 0.523. The molecule has 0 amide bonds. The van der Waals surface area contributed by atoms with Crippen LogP contribution in [0.4, 0.5) is 11.6 Å². The second kappa shape index (κ2) is 2.82. The second-order valence-electron chi connectivity index (χ2n) is 1.65. The first-order valence-electron chi connectivity index (χ1n) is 2.78. The molecule has 0 atom stereocenters. The molecule has 1 aromatic rings. The summed E-state index contributed by atoms with van der Waals surface area (Å²) < 4.78 is 0. The molecule has 0 aliphatic carbocycles. The first-order chi connectivity index (χ1) is 4.84. The van der Waals surface area contributed by atoms with Gasteiger partial charge in [-0.2, -0.15) is 0 Å². The zero-order chi connectivity index (χ0) is 7.40. The SMILES string of the molecule is C=CC=Nc1nc[nH]c1N. The maximum absolute atomic E-state index is 5.42. The number of anilines is 1. The molecular weight excluding hydrogens is 128 g/mol. The van der Waals surface area contributed by atoms with Crippen LogP contribution in [0.5, 0.6) is 0 Å². The number of nitrogen functional groups attached to an aromatic ring is 1. The van der Waals surface area contributed by atoms with Gasteiger partial charge in [0.1, 0.15) is 5.82 Å². The summed E-state index contributed by atoms with van der Waals surface area (Å²) in [7, 11) is 0. The lowest BCUT2D eigenvalue weighted by Gasteiger charge is -1.84. The number of aromatic nitrogens is 2. The number of rotatable bonds is 2. The van der Waals surface area contributed by atoms with Crippen LogP contribution < -0.4 is 5.73 Å². The third-order valence-corrected chi connectivity index (χ3v) is 0.950. The number of allylic oxidation sites excluding steroid dienone is 1. The Labute approximate surface area is 58.5 Å². The fourth-order valence-electron chi connectivity index (χ4n) is 0.523. The minimum Gasteiger partial charge on any atom is -0.382 e. The Morgan fingerprint density at radius 2 is 2.60 bits per heavy atom. The molecule has 4 heteroatoms. The topological polar surface area (TPSA) is 67.1 Å². The summed E-state index contributed by atoms with van der Waals surface area (Å²) in [4.78, 5) is 10.4. The van der Waals surface area contributed by atoms with Crippen LogP contribution in [0.3, 0.4) is 0 Å². The standard InChI is InChI=1S/C6H8N4/c1-2-3-8-6-5(7)9-4-10-6/h2-4H,1,7H2,(H,9,10). The number of nitrogens with one attached hydrogen (secondary N) is 1. The molecule has 0 bridgehead atoms. The summed E-state index contributed by atoms with van der Waals surface area (Å²) in [6.45, 7) is 3.46. The summed E-state index contributed by atoms with van der Waals surface area (Å²) in [5.41, 5.74) is 5.42. The lowest BCUT2D eigenvalue weighted by Crippen LogP contribution is -1.82. The summed E-state index contributed by atoms with van der Waals surface area (Å²) in [5.74, 6) is 0.970. The Morgan fingerprint density at radius 1 is 1.80 bits per heavy atom. The number of H-pyrrole nitrogens is 1. The minimum atomic E-state index is 0.470. The lowest BCUT2D eigenvalue weighted by molar-refractivity contribution is 1.30. The molecule has 0 aromatic carbocycles. The first kappa shape index (κ1) is 6.54. The van der Waals surface area contributed by atoms with Crippen molar-refractivity contribution in [3.8, 4) is 0 Å². The van der Waals surface area contributed by atoms with Crippen molar-refractivity contribution in [2.45, 2.75) is 0 Å². The van der Waals surface area contributed by atoms with Gasteiger partial charge in [0, 0.05) is 6.21 Å². The number of hydrogen-bond acceptors (Lipinski definition) is 3. The van der Waals surface area contributed by atoms with Crippen LogP contribution in [0.2, 0.25) is 0 Å². The van der Waals surface area contributed by atoms with Gasteiger partial charge in [-0.3, -0.25) is 0 Å². The highest BCUT2D eigenvalue weighted by molar-refractivity contribution is 5.74. The van der Waals surface area contributed by atoms with Crippen molar-refractivity contribution < 1.29 is 0 Å². The van der Waals surface area contributed by atoms with Crippen molar-refractivity contribution in [2.75, 3.05) is 5.73 Å². The predicted octanol–water partition coefficient (Wildman–Crippen LogP) is 0.880. The van der Waals surface area contributed by atoms with E-state index in [1.54, 1.807) is 6.08 Å². The van der Waals surface area contributed by atoms with E-state index in [-0.39, 0.29) is 0 Å². The molecule has 0 spiro atoms. The van der Waals surface area contributed by atoms with Gasteiger partial charge in [-0.05, 0) is 0 Å². The van der Waals surface area contributed by atoms with Gasteiger partial charge in [-0.25, -0.2) is 9.98 Å². The van der Waals surface area contributed by atoms with Crippen molar-refractivity contribution in [1.29, 1.82) is 0 Å². The van der Waals surface area contributed by atoms with E-state index in [2.05, 4.69) is 21.5 Å². The number of hydrogen-bond donors (Lipinski definition) is 2. The van der Waals surface area contributed by atoms with E-state index in [1.807, 2.05) is 0 Å². The van der Waals surface area contributed by atoms with Crippen molar-refractivity contribution in [2.24, 2.45) is 4.99 Å². The van der Waals surface area contributed by atoms with Gasteiger partial charge < -0.3 is 10.7 Å².